The first-order valence-corrected chi connectivity index (χ1v) is 8.44. The SMILES string of the molecule is CCNC(Cc1c(Br)c(C)nn1CC)C(CC)OCC. The Morgan fingerprint density at radius 3 is 2.50 bits per heavy atom. The Labute approximate surface area is 131 Å². The Hall–Kier alpha value is -0.390. The molecule has 1 rings (SSSR count). The zero-order valence-corrected chi connectivity index (χ0v) is 15.0. The molecule has 116 valence electrons. The largest absolute Gasteiger partial charge is 0.377 e. The van der Waals surface area contributed by atoms with Crippen LogP contribution in [0.3, 0.4) is 0 Å². The summed E-state index contributed by atoms with van der Waals surface area (Å²) in [5.41, 5.74) is 2.32. The van der Waals surface area contributed by atoms with E-state index in [0.29, 0.717) is 6.04 Å². The molecule has 1 aromatic rings. The zero-order chi connectivity index (χ0) is 15.1. The number of aryl methyl sites for hydroxylation is 2. The highest BCUT2D eigenvalue weighted by Gasteiger charge is 2.23. The van der Waals surface area contributed by atoms with Gasteiger partial charge in [-0.15, -0.1) is 0 Å². The third kappa shape index (κ3) is 4.30. The van der Waals surface area contributed by atoms with E-state index in [9.17, 15) is 0 Å². The standard InChI is InChI=1S/C15H28BrN3O/c1-6-14(20-9-4)12(17-7-2)10-13-15(16)11(5)18-19(13)8-3/h12,14,17H,6-10H2,1-5H3. The van der Waals surface area contributed by atoms with Crippen molar-refractivity contribution >= 4 is 15.9 Å². The number of hydrogen-bond acceptors (Lipinski definition) is 3. The minimum Gasteiger partial charge on any atom is -0.377 e. The van der Waals surface area contributed by atoms with Crippen LogP contribution in [-0.2, 0) is 17.7 Å². The summed E-state index contributed by atoms with van der Waals surface area (Å²) in [6.45, 7) is 13.2. The maximum atomic E-state index is 5.89. The first-order valence-electron chi connectivity index (χ1n) is 7.65. The smallest absolute Gasteiger partial charge is 0.0738 e. The van der Waals surface area contributed by atoms with E-state index in [1.54, 1.807) is 0 Å². The van der Waals surface area contributed by atoms with Gasteiger partial charge in [0.25, 0.3) is 0 Å². The van der Waals surface area contributed by atoms with Crippen LogP contribution in [0.5, 0.6) is 0 Å². The van der Waals surface area contributed by atoms with Crippen molar-refractivity contribution in [1.82, 2.24) is 15.1 Å². The summed E-state index contributed by atoms with van der Waals surface area (Å²) in [4.78, 5) is 0. The molecule has 0 saturated carbocycles. The van der Waals surface area contributed by atoms with Crippen molar-refractivity contribution in [3.63, 3.8) is 0 Å². The number of nitrogens with zero attached hydrogens (tertiary/aromatic N) is 2. The Balaban J connectivity index is 2.94. The molecule has 0 amide bonds. The van der Waals surface area contributed by atoms with Gasteiger partial charge in [-0.25, -0.2) is 0 Å². The van der Waals surface area contributed by atoms with E-state index in [-0.39, 0.29) is 6.10 Å². The molecule has 1 heterocycles. The molecule has 0 aliphatic rings. The van der Waals surface area contributed by atoms with Gasteiger partial charge in [-0.2, -0.15) is 5.10 Å². The molecule has 5 heteroatoms. The Kier molecular flexibility index (Phi) is 7.77. The van der Waals surface area contributed by atoms with Crippen LogP contribution in [0.1, 0.15) is 45.5 Å². The third-order valence-electron chi connectivity index (χ3n) is 3.56. The molecule has 0 aliphatic heterocycles. The Morgan fingerprint density at radius 1 is 1.30 bits per heavy atom. The fourth-order valence-electron chi connectivity index (χ4n) is 2.60. The van der Waals surface area contributed by atoms with E-state index in [0.717, 1.165) is 42.7 Å². The van der Waals surface area contributed by atoms with Gasteiger partial charge in [-0.1, -0.05) is 13.8 Å². The molecular weight excluding hydrogens is 318 g/mol. The van der Waals surface area contributed by atoms with E-state index in [2.05, 4.69) is 58.7 Å². The lowest BCUT2D eigenvalue weighted by Crippen LogP contribution is -2.43. The summed E-state index contributed by atoms with van der Waals surface area (Å²) in [5, 5.41) is 8.14. The number of hydrogen-bond donors (Lipinski definition) is 1. The summed E-state index contributed by atoms with van der Waals surface area (Å²) < 4.78 is 9.11. The van der Waals surface area contributed by atoms with Crippen molar-refractivity contribution in [3.8, 4) is 0 Å². The quantitative estimate of drug-likeness (QED) is 0.746. The van der Waals surface area contributed by atoms with E-state index < -0.39 is 0 Å². The third-order valence-corrected chi connectivity index (χ3v) is 4.60. The van der Waals surface area contributed by atoms with Gasteiger partial charge >= 0.3 is 0 Å². The van der Waals surface area contributed by atoms with Gasteiger partial charge in [0.2, 0.25) is 0 Å². The van der Waals surface area contributed by atoms with E-state index in [1.807, 2.05) is 6.92 Å². The minimum atomic E-state index is 0.243. The van der Waals surface area contributed by atoms with Crippen LogP contribution < -0.4 is 5.32 Å². The molecule has 0 aromatic carbocycles. The van der Waals surface area contributed by atoms with Crippen molar-refractivity contribution in [2.75, 3.05) is 13.2 Å². The second kappa shape index (κ2) is 8.80. The fraction of sp³-hybridized carbons (Fsp3) is 0.800. The second-order valence-corrected chi connectivity index (χ2v) is 5.73. The van der Waals surface area contributed by atoms with E-state index in [4.69, 9.17) is 4.74 Å². The number of halogens is 1. The molecule has 2 unspecified atom stereocenters. The van der Waals surface area contributed by atoms with Crippen molar-refractivity contribution in [3.05, 3.63) is 15.9 Å². The van der Waals surface area contributed by atoms with Gasteiger partial charge in [0.1, 0.15) is 0 Å². The molecule has 0 fully saturated rings. The van der Waals surface area contributed by atoms with Gasteiger partial charge < -0.3 is 10.1 Å². The highest BCUT2D eigenvalue weighted by molar-refractivity contribution is 9.10. The highest BCUT2D eigenvalue weighted by atomic mass is 79.9. The predicted octanol–water partition coefficient (Wildman–Crippen LogP) is 3.31. The molecule has 0 bridgehead atoms. The van der Waals surface area contributed by atoms with E-state index in [1.165, 1.54) is 5.69 Å². The lowest BCUT2D eigenvalue weighted by Gasteiger charge is -2.27. The lowest BCUT2D eigenvalue weighted by atomic mass is 10.0. The number of rotatable bonds is 9. The van der Waals surface area contributed by atoms with Crippen LogP contribution in [0.25, 0.3) is 0 Å². The molecule has 4 nitrogen and oxygen atoms in total. The molecule has 1 N–H and O–H groups in total. The topological polar surface area (TPSA) is 39.1 Å². The number of ether oxygens (including phenoxy) is 1. The van der Waals surface area contributed by atoms with Crippen LogP contribution in [0.4, 0.5) is 0 Å². The molecule has 20 heavy (non-hydrogen) atoms. The fourth-order valence-corrected chi connectivity index (χ4v) is 3.05. The monoisotopic (exact) mass is 345 g/mol. The summed E-state index contributed by atoms with van der Waals surface area (Å²) in [5.74, 6) is 0. The molecule has 0 saturated heterocycles. The minimum absolute atomic E-state index is 0.243. The van der Waals surface area contributed by atoms with Crippen LogP contribution in [-0.4, -0.2) is 35.1 Å². The lowest BCUT2D eigenvalue weighted by molar-refractivity contribution is 0.0318. The van der Waals surface area contributed by atoms with Gasteiger partial charge in [0.15, 0.2) is 0 Å². The molecule has 0 spiro atoms. The van der Waals surface area contributed by atoms with Crippen molar-refractivity contribution < 1.29 is 4.74 Å². The van der Waals surface area contributed by atoms with Crippen molar-refractivity contribution in [2.24, 2.45) is 0 Å². The summed E-state index contributed by atoms with van der Waals surface area (Å²) in [7, 11) is 0. The Morgan fingerprint density at radius 2 is 2.00 bits per heavy atom. The van der Waals surface area contributed by atoms with Gasteiger partial charge in [0.05, 0.1) is 22.0 Å². The average molecular weight is 346 g/mol. The maximum absolute atomic E-state index is 5.89. The van der Waals surface area contributed by atoms with Crippen molar-refractivity contribution in [2.45, 2.75) is 66.2 Å². The first-order chi connectivity index (χ1) is 9.58. The number of likely N-dealkylation sites (N-methyl/N-ethyl adjacent to an activating group) is 1. The first kappa shape index (κ1) is 17.7. The van der Waals surface area contributed by atoms with Crippen LogP contribution in [0.15, 0.2) is 4.47 Å². The average Bonchev–Trinajstić information content (AvgIpc) is 2.72. The summed E-state index contributed by atoms with van der Waals surface area (Å²) in [6.07, 6.45) is 2.19. The molecule has 0 aliphatic carbocycles. The summed E-state index contributed by atoms with van der Waals surface area (Å²) in [6, 6.07) is 0.322. The Bertz CT molecular complexity index is 406. The zero-order valence-electron chi connectivity index (χ0n) is 13.4. The summed E-state index contributed by atoms with van der Waals surface area (Å²) >= 11 is 3.68. The van der Waals surface area contributed by atoms with Crippen LogP contribution in [0, 0.1) is 6.92 Å². The normalized spacial score (nSPS) is 14.5. The number of aromatic nitrogens is 2. The molecule has 0 radical (unpaired) electrons. The van der Waals surface area contributed by atoms with Gasteiger partial charge in [-0.05, 0) is 49.7 Å². The van der Waals surface area contributed by atoms with Crippen LogP contribution in [0.2, 0.25) is 0 Å². The number of nitrogens with one attached hydrogen (secondary N) is 1. The highest BCUT2D eigenvalue weighted by Crippen LogP contribution is 2.23. The van der Waals surface area contributed by atoms with Crippen LogP contribution >= 0.6 is 15.9 Å². The van der Waals surface area contributed by atoms with Crippen molar-refractivity contribution in [1.29, 1.82) is 0 Å². The van der Waals surface area contributed by atoms with Gasteiger partial charge in [0, 0.05) is 25.6 Å². The second-order valence-electron chi connectivity index (χ2n) is 4.93. The molecular formula is C15H28BrN3O. The predicted molar refractivity (Wildman–Crippen MR) is 87.2 cm³/mol. The van der Waals surface area contributed by atoms with E-state index >= 15 is 0 Å². The molecule has 2 atom stereocenters. The maximum Gasteiger partial charge on any atom is 0.0738 e. The molecule has 1 aromatic heterocycles. The van der Waals surface area contributed by atoms with Gasteiger partial charge in [-0.3, -0.25) is 4.68 Å².